The molecule has 3 heteroatoms. The average molecular weight is 342 g/mol. The molecule has 1 N–H and O–H groups in total. The predicted octanol–water partition coefficient (Wildman–Crippen LogP) is 5.12. The topological polar surface area (TPSA) is 37.3 Å². The third-order valence-electron chi connectivity index (χ3n) is 4.13. The third kappa shape index (κ3) is 2.63. The first kappa shape index (κ1) is 16.5. The summed E-state index contributed by atoms with van der Waals surface area (Å²) in [6.07, 6.45) is 0. The third-order valence-corrected chi connectivity index (χ3v) is 4.13. The summed E-state index contributed by atoms with van der Waals surface area (Å²) in [5.74, 6) is -0.381. The van der Waals surface area contributed by atoms with Gasteiger partial charge in [0.1, 0.15) is 0 Å². The van der Waals surface area contributed by atoms with Gasteiger partial charge in [-0.15, -0.1) is 0 Å². The van der Waals surface area contributed by atoms with Crippen molar-refractivity contribution in [3.63, 3.8) is 0 Å². The minimum absolute atomic E-state index is 0. The molecule has 2 nitrogen and oxygen atoms in total. The van der Waals surface area contributed by atoms with Crippen LogP contribution in [0.1, 0.15) is 41.3 Å². The Bertz CT molecular complexity index is 866. The van der Waals surface area contributed by atoms with Gasteiger partial charge in [-0.05, 0) is 45.5 Å². The molecule has 0 spiro atoms. The van der Waals surface area contributed by atoms with Crippen LogP contribution in [0.3, 0.4) is 0 Å². The van der Waals surface area contributed by atoms with Gasteiger partial charge >= 0.3 is 5.97 Å². The number of hydrogen-bond donors (Lipinski definition) is 1. The van der Waals surface area contributed by atoms with Crippen molar-refractivity contribution < 1.29 is 27.0 Å². The van der Waals surface area contributed by atoms with Crippen molar-refractivity contribution >= 4 is 27.5 Å². The molecule has 1 radical (unpaired) electrons. The van der Waals surface area contributed by atoms with Gasteiger partial charge in [0.15, 0.2) is 0 Å². The number of fused-ring (bicyclic) bond motifs is 3. The zero-order valence-corrected chi connectivity index (χ0v) is 13.7. The average Bonchev–Trinajstić information content (AvgIpc) is 2.45. The van der Waals surface area contributed by atoms with Crippen molar-refractivity contribution in [1.82, 2.24) is 0 Å². The molecule has 0 bridgehead atoms. The van der Waals surface area contributed by atoms with Crippen LogP contribution in [0.5, 0.6) is 0 Å². The van der Waals surface area contributed by atoms with Crippen LogP contribution in [0.25, 0.3) is 21.5 Å². The van der Waals surface area contributed by atoms with Gasteiger partial charge in [-0.2, -0.15) is 0 Å². The number of aryl methyl sites for hydroxylation is 1. The normalized spacial score (nSPS) is 10.9. The van der Waals surface area contributed by atoms with Crippen LogP contribution in [0, 0.1) is 6.92 Å². The Balaban J connectivity index is 0.00000176. The van der Waals surface area contributed by atoms with E-state index in [1.54, 1.807) is 0 Å². The summed E-state index contributed by atoms with van der Waals surface area (Å²) in [4.78, 5) is 11.5. The van der Waals surface area contributed by atoms with Gasteiger partial charge in [0.05, 0.1) is 5.56 Å². The Kier molecular flexibility index (Phi) is 4.60. The molecule has 0 aliphatic rings. The molecule has 0 saturated heterocycles. The zero-order valence-electron chi connectivity index (χ0n) is 12.8. The Morgan fingerprint density at radius 3 is 2.23 bits per heavy atom. The van der Waals surface area contributed by atoms with Crippen molar-refractivity contribution in [3.8, 4) is 0 Å². The molecule has 0 amide bonds. The second-order valence-electron chi connectivity index (χ2n) is 5.86. The molecule has 0 atom stereocenters. The molecule has 0 saturated carbocycles. The fourth-order valence-electron chi connectivity index (χ4n) is 2.92. The number of benzene rings is 3. The van der Waals surface area contributed by atoms with E-state index in [1.165, 1.54) is 5.56 Å². The monoisotopic (exact) mass is 341 g/mol. The SMILES string of the molecule is Cc1ccc2c(ccc3cc(C(C)C)ccc32)c1C(=O)O.[Cu]. The molecule has 0 heterocycles. The van der Waals surface area contributed by atoms with Crippen LogP contribution in [0.2, 0.25) is 0 Å². The number of hydrogen-bond acceptors (Lipinski definition) is 1. The Morgan fingerprint density at radius 1 is 0.955 bits per heavy atom. The van der Waals surface area contributed by atoms with Gasteiger partial charge in [0.25, 0.3) is 0 Å². The Labute approximate surface area is 140 Å². The van der Waals surface area contributed by atoms with Crippen molar-refractivity contribution in [2.24, 2.45) is 0 Å². The standard InChI is InChI=1S/C19H18O2.Cu/c1-11(2)13-5-8-15-14(10-13)6-9-17-16(15)7-4-12(3)18(17)19(20)21;/h4-11H,1-3H3,(H,20,21);. The van der Waals surface area contributed by atoms with Crippen molar-refractivity contribution in [3.05, 3.63) is 59.2 Å². The largest absolute Gasteiger partial charge is 0.478 e. The van der Waals surface area contributed by atoms with E-state index >= 15 is 0 Å². The Hall–Kier alpha value is -1.83. The van der Waals surface area contributed by atoms with E-state index in [-0.39, 0.29) is 17.1 Å². The number of aromatic carboxylic acids is 1. The first-order chi connectivity index (χ1) is 9.99. The van der Waals surface area contributed by atoms with E-state index in [2.05, 4.69) is 32.0 Å². The van der Waals surface area contributed by atoms with E-state index in [9.17, 15) is 9.90 Å². The molecule has 0 aromatic heterocycles. The molecule has 0 aliphatic heterocycles. The smallest absolute Gasteiger partial charge is 0.336 e. The minimum atomic E-state index is -0.865. The molecule has 0 unspecified atom stereocenters. The van der Waals surface area contributed by atoms with Gasteiger partial charge in [-0.25, -0.2) is 4.79 Å². The molecule has 22 heavy (non-hydrogen) atoms. The predicted molar refractivity (Wildman–Crippen MR) is 87.2 cm³/mol. The van der Waals surface area contributed by atoms with Gasteiger partial charge < -0.3 is 5.11 Å². The molecular weight excluding hydrogens is 324 g/mol. The maximum Gasteiger partial charge on any atom is 0.336 e. The fourth-order valence-corrected chi connectivity index (χ4v) is 2.92. The fraction of sp³-hybridized carbons (Fsp3) is 0.211. The van der Waals surface area contributed by atoms with E-state index in [0.717, 1.165) is 27.1 Å². The second-order valence-corrected chi connectivity index (χ2v) is 5.86. The second kappa shape index (κ2) is 6.12. The molecule has 3 aromatic rings. The van der Waals surface area contributed by atoms with E-state index < -0.39 is 5.97 Å². The summed E-state index contributed by atoms with van der Waals surface area (Å²) >= 11 is 0. The number of rotatable bonds is 2. The quantitative estimate of drug-likeness (QED) is 0.519. The van der Waals surface area contributed by atoms with Gasteiger partial charge in [0.2, 0.25) is 0 Å². The number of carboxylic acid groups (broad SMARTS) is 1. The van der Waals surface area contributed by atoms with Crippen LogP contribution in [-0.4, -0.2) is 11.1 Å². The molecular formula is C19H18CuO2. The molecule has 3 aromatic carbocycles. The maximum absolute atomic E-state index is 11.5. The van der Waals surface area contributed by atoms with Crippen LogP contribution in [0.15, 0.2) is 42.5 Å². The number of carboxylic acids is 1. The maximum atomic E-state index is 11.5. The van der Waals surface area contributed by atoms with Crippen LogP contribution in [0.4, 0.5) is 0 Å². The molecule has 3 rings (SSSR count). The van der Waals surface area contributed by atoms with Crippen molar-refractivity contribution in [2.45, 2.75) is 26.7 Å². The molecule has 0 aliphatic carbocycles. The summed E-state index contributed by atoms with van der Waals surface area (Å²) in [6.45, 7) is 6.19. The minimum Gasteiger partial charge on any atom is -0.478 e. The first-order valence-corrected chi connectivity index (χ1v) is 7.18. The van der Waals surface area contributed by atoms with Crippen LogP contribution < -0.4 is 0 Å². The van der Waals surface area contributed by atoms with Crippen molar-refractivity contribution in [1.29, 1.82) is 0 Å². The van der Waals surface area contributed by atoms with E-state index in [0.29, 0.717) is 11.5 Å². The van der Waals surface area contributed by atoms with Crippen LogP contribution in [-0.2, 0) is 17.1 Å². The van der Waals surface area contributed by atoms with Gasteiger partial charge in [0, 0.05) is 17.1 Å². The van der Waals surface area contributed by atoms with E-state index in [4.69, 9.17) is 0 Å². The van der Waals surface area contributed by atoms with Gasteiger partial charge in [-0.1, -0.05) is 56.3 Å². The Morgan fingerprint density at radius 2 is 1.59 bits per heavy atom. The molecule has 117 valence electrons. The van der Waals surface area contributed by atoms with Crippen LogP contribution >= 0.6 is 0 Å². The number of carbonyl (C=O) groups is 1. The summed E-state index contributed by atoms with van der Waals surface area (Å²) in [6, 6.07) is 14.3. The summed E-state index contributed by atoms with van der Waals surface area (Å²) in [5, 5.41) is 13.5. The van der Waals surface area contributed by atoms with Gasteiger partial charge in [-0.3, -0.25) is 0 Å². The molecule has 0 fully saturated rings. The first-order valence-electron chi connectivity index (χ1n) is 7.18. The summed E-state index contributed by atoms with van der Waals surface area (Å²) < 4.78 is 0. The van der Waals surface area contributed by atoms with Crippen molar-refractivity contribution in [2.75, 3.05) is 0 Å². The van der Waals surface area contributed by atoms with E-state index in [1.807, 2.05) is 31.2 Å². The summed E-state index contributed by atoms with van der Waals surface area (Å²) in [7, 11) is 0. The zero-order chi connectivity index (χ0) is 15.1. The summed E-state index contributed by atoms with van der Waals surface area (Å²) in [5.41, 5.74) is 2.50.